The van der Waals surface area contributed by atoms with Crippen molar-refractivity contribution in [2.75, 3.05) is 5.32 Å². The van der Waals surface area contributed by atoms with Crippen LogP contribution < -0.4 is 5.32 Å². The molecule has 0 aliphatic rings. The molecule has 96 valence electrons. The van der Waals surface area contributed by atoms with Crippen LogP contribution in [0, 0.1) is 6.92 Å². The van der Waals surface area contributed by atoms with Gasteiger partial charge in [-0.3, -0.25) is 4.79 Å². The fourth-order valence-corrected chi connectivity index (χ4v) is 2.48. The summed E-state index contributed by atoms with van der Waals surface area (Å²) in [5, 5.41) is 8.52. The summed E-state index contributed by atoms with van der Waals surface area (Å²) >= 11 is 7.18. The van der Waals surface area contributed by atoms with E-state index in [1.165, 1.54) is 22.2 Å². The Kier molecular flexibility index (Phi) is 2.92. The number of aromatic nitrogens is 4. The van der Waals surface area contributed by atoms with Crippen LogP contribution in [0.4, 0.5) is 5.69 Å². The van der Waals surface area contributed by atoms with Gasteiger partial charge in [0.15, 0.2) is 0 Å². The van der Waals surface area contributed by atoms with Crippen LogP contribution in [-0.2, 0) is 0 Å². The summed E-state index contributed by atoms with van der Waals surface area (Å²) in [6, 6.07) is 3.35. The third kappa shape index (κ3) is 2.29. The van der Waals surface area contributed by atoms with E-state index < -0.39 is 0 Å². The molecule has 0 aliphatic carbocycles. The monoisotopic (exact) mass is 293 g/mol. The number of nitrogens with zero attached hydrogens (tertiary/aromatic N) is 4. The zero-order valence-corrected chi connectivity index (χ0v) is 11.4. The number of carbonyl (C=O) groups excluding carboxylic acids is 1. The van der Waals surface area contributed by atoms with Gasteiger partial charge in [0.05, 0.1) is 10.0 Å². The summed E-state index contributed by atoms with van der Waals surface area (Å²) < 4.78 is 2.02. The zero-order valence-electron chi connectivity index (χ0n) is 9.79. The summed E-state index contributed by atoms with van der Waals surface area (Å²) in [4.78, 5) is 20.4. The first kappa shape index (κ1) is 12.1. The summed E-state index contributed by atoms with van der Waals surface area (Å²) in [6.45, 7) is 1.80. The molecule has 0 atom stereocenters. The van der Waals surface area contributed by atoms with Crippen molar-refractivity contribution < 1.29 is 4.79 Å². The van der Waals surface area contributed by atoms with E-state index in [1.54, 1.807) is 24.4 Å². The largest absolute Gasteiger partial charge is 0.320 e. The second-order valence-electron chi connectivity index (χ2n) is 3.85. The average Bonchev–Trinajstić information content (AvgIpc) is 2.96. The smallest absolute Gasteiger partial charge is 0.274 e. The maximum Gasteiger partial charge on any atom is 0.274 e. The summed E-state index contributed by atoms with van der Waals surface area (Å²) in [7, 11) is 0. The molecule has 0 radical (unpaired) electrons. The van der Waals surface area contributed by atoms with Crippen LogP contribution in [-0.4, -0.2) is 25.5 Å². The molecule has 0 unspecified atom stereocenters. The Morgan fingerprint density at radius 1 is 1.47 bits per heavy atom. The molecule has 0 spiro atoms. The SMILES string of the molecule is Cc1cc(C(=O)Nc2csc(Cl)c2)n2ncnc2n1. The Morgan fingerprint density at radius 3 is 3.05 bits per heavy atom. The van der Waals surface area contributed by atoms with Gasteiger partial charge in [0, 0.05) is 11.1 Å². The maximum absolute atomic E-state index is 12.2. The quantitative estimate of drug-likeness (QED) is 0.787. The van der Waals surface area contributed by atoms with Crippen molar-refractivity contribution in [3.05, 3.63) is 39.6 Å². The van der Waals surface area contributed by atoms with E-state index in [9.17, 15) is 4.79 Å². The van der Waals surface area contributed by atoms with Crippen LogP contribution in [0.15, 0.2) is 23.8 Å². The lowest BCUT2D eigenvalue weighted by Gasteiger charge is -2.05. The maximum atomic E-state index is 12.2. The highest BCUT2D eigenvalue weighted by molar-refractivity contribution is 7.14. The average molecular weight is 294 g/mol. The minimum absolute atomic E-state index is 0.282. The predicted molar refractivity (Wildman–Crippen MR) is 72.8 cm³/mol. The molecule has 19 heavy (non-hydrogen) atoms. The van der Waals surface area contributed by atoms with Gasteiger partial charge in [-0.15, -0.1) is 11.3 Å². The summed E-state index contributed by atoms with van der Waals surface area (Å²) in [6.07, 6.45) is 1.36. The van der Waals surface area contributed by atoms with E-state index in [4.69, 9.17) is 11.6 Å². The molecule has 6 nitrogen and oxygen atoms in total. The lowest BCUT2D eigenvalue weighted by Crippen LogP contribution is -2.17. The van der Waals surface area contributed by atoms with Gasteiger partial charge in [-0.05, 0) is 19.1 Å². The Hall–Kier alpha value is -1.99. The number of anilines is 1. The number of nitrogens with one attached hydrogen (secondary N) is 1. The molecule has 0 saturated heterocycles. The van der Waals surface area contributed by atoms with Gasteiger partial charge in [-0.2, -0.15) is 14.6 Å². The Morgan fingerprint density at radius 2 is 2.32 bits per heavy atom. The standard InChI is InChI=1S/C11H8ClN5OS/c1-6-2-8(17-11(15-6)13-5-14-17)10(18)16-7-3-9(12)19-4-7/h2-5H,1H3,(H,16,18). The molecule has 3 aromatic rings. The van der Waals surface area contributed by atoms with Gasteiger partial charge in [0.25, 0.3) is 11.7 Å². The molecule has 3 heterocycles. The molecule has 3 aromatic heterocycles. The third-order valence-electron chi connectivity index (χ3n) is 2.44. The van der Waals surface area contributed by atoms with E-state index in [1.807, 2.05) is 0 Å². The lowest BCUT2D eigenvalue weighted by molar-refractivity contribution is 0.101. The van der Waals surface area contributed by atoms with Crippen LogP contribution in [0.3, 0.4) is 0 Å². The van der Waals surface area contributed by atoms with E-state index in [2.05, 4.69) is 20.4 Å². The van der Waals surface area contributed by atoms with E-state index in [0.29, 0.717) is 27.2 Å². The molecule has 0 aliphatic heterocycles. The second-order valence-corrected chi connectivity index (χ2v) is 5.39. The van der Waals surface area contributed by atoms with Gasteiger partial charge in [0.2, 0.25) is 0 Å². The molecule has 0 bridgehead atoms. The highest BCUT2D eigenvalue weighted by atomic mass is 35.5. The molecule has 1 amide bonds. The van der Waals surface area contributed by atoms with Gasteiger partial charge >= 0.3 is 0 Å². The van der Waals surface area contributed by atoms with Gasteiger partial charge in [0.1, 0.15) is 12.0 Å². The fourth-order valence-electron chi connectivity index (χ4n) is 1.66. The fraction of sp³-hybridized carbons (Fsp3) is 0.0909. The number of hydrogen-bond donors (Lipinski definition) is 1. The summed E-state index contributed by atoms with van der Waals surface area (Å²) in [5.74, 6) is 0.115. The second kappa shape index (κ2) is 4.60. The Bertz CT molecular complexity index is 765. The number of fused-ring (bicyclic) bond motifs is 1. The van der Waals surface area contributed by atoms with Crippen molar-refractivity contribution in [3.8, 4) is 0 Å². The van der Waals surface area contributed by atoms with Crippen molar-refractivity contribution in [2.45, 2.75) is 6.92 Å². The lowest BCUT2D eigenvalue weighted by atomic mass is 10.3. The number of amides is 1. The molecular formula is C11H8ClN5OS. The molecule has 0 aromatic carbocycles. The Balaban J connectivity index is 1.99. The predicted octanol–water partition coefficient (Wildman–Crippen LogP) is 2.40. The van der Waals surface area contributed by atoms with Crippen molar-refractivity contribution in [1.82, 2.24) is 19.6 Å². The number of carbonyl (C=O) groups is 1. The number of hydrogen-bond acceptors (Lipinski definition) is 5. The van der Waals surface area contributed by atoms with Gasteiger partial charge in [-0.25, -0.2) is 4.98 Å². The van der Waals surface area contributed by atoms with Gasteiger partial charge < -0.3 is 5.32 Å². The normalized spacial score (nSPS) is 10.8. The summed E-state index contributed by atoms with van der Waals surface area (Å²) in [5.41, 5.74) is 1.74. The van der Waals surface area contributed by atoms with Crippen molar-refractivity contribution in [2.24, 2.45) is 0 Å². The number of halogens is 1. The number of thiophene rings is 1. The third-order valence-corrected chi connectivity index (χ3v) is 3.53. The van der Waals surface area contributed by atoms with Crippen LogP contribution in [0.2, 0.25) is 4.34 Å². The van der Waals surface area contributed by atoms with E-state index >= 15 is 0 Å². The molecule has 0 fully saturated rings. The van der Waals surface area contributed by atoms with E-state index in [-0.39, 0.29) is 5.91 Å². The molecule has 8 heteroatoms. The number of aryl methyl sites for hydroxylation is 1. The minimum Gasteiger partial charge on any atom is -0.320 e. The van der Waals surface area contributed by atoms with Gasteiger partial charge in [-0.1, -0.05) is 11.6 Å². The highest BCUT2D eigenvalue weighted by Gasteiger charge is 2.14. The van der Waals surface area contributed by atoms with Crippen molar-refractivity contribution in [3.63, 3.8) is 0 Å². The zero-order chi connectivity index (χ0) is 13.4. The molecule has 0 saturated carbocycles. The van der Waals surface area contributed by atoms with Crippen LogP contribution >= 0.6 is 22.9 Å². The topological polar surface area (TPSA) is 72.2 Å². The number of rotatable bonds is 2. The molecule has 3 rings (SSSR count). The Labute approximate surface area is 117 Å². The van der Waals surface area contributed by atoms with Crippen LogP contribution in [0.5, 0.6) is 0 Å². The highest BCUT2D eigenvalue weighted by Crippen LogP contribution is 2.24. The molecule has 1 N–H and O–H groups in total. The van der Waals surface area contributed by atoms with Crippen molar-refractivity contribution in [1.29, 1.82) is 0 Å². The first-order valence-corrected chi connectivity index (χ1v) is 6.62. The minimum atomic E-state index is -0.282. The van der Waals surface area contributed by atoms with Crippen LogP contribution in [0.1, 0.15) is 16.2 Å². The first-order chi connectivity index (χ1) is 9.13. The van der Waals surface area contributed by atoms with E-state index in [0.717, 1.165) is 0 Å². The van der Waals surface area contributed by atoms with Crippen LogP contribution in [0.25, 0.3) is 5.78 Å². The molecular weight excluding hydrogens is 286 g/mol. The first-order valence-electron chi connectivity index (χ1n) is 5.36. The van der Waals surface area contributed by atoms with Crippen molar-refractivity contribution >= 4 is 40.3 Å².